The molecule has 0 radical (unpaired) electrons. The van der Waals surface area contributed by atoms with Gasteiger partial charge in [-0.2, -0.15) is 0 Å². The average Bonchev–Trinajstić information content (AvgIpc) is 3.10. The Kier molecular flexibility index (Phi) is 10.2. The van der Waals surface area contributed by atoms with Gasteiger partial charge >= 0.3 is 0 Å². The van der Waals surface area contributed by atoms with E-state index in [1.54, 1.807) is 11.2 Å². The number of sulfonamides is 1. The van der Waals surface area contributed by atoms with Crippen molar-refractivity contribution in [3.63, 3.8) is 0 Å². The molecule has 1 aliphatic carbocycles. The van der Waals surface area contributed by atoms with Gasteiger partial charge in [0.05, 0.1) is 5.75 Å². The monoisotopic (exact) mass is 500 g/mol. The molecule has 1 saturated heterocycles. The Balaban J connectivity index is 0.00000338. The molecule has 2 fully saturated rings. The van der Waals surface area contributed by atoms with Crippen molar-refractivity contribution in [3.8, 4) is 0 Å². The third kappa shape index (κ3) is 6.51. The molecule has 2 rings (SSSR count). The fourth-order valence-corrected chi connectivity index (χ4v) is 5.10. The Morgan fingerprint density at radius 3 is 2.27 bits per heavy atom. The maximum Gasteiger partial charge on any atom is 0.213 e. The van der Waals surface area contributed by atoms with E-state index in [0.29, 0.717) is 24.5 Å². The fraction of sp³-hybridized carbons (Fsp3) is 0.944. The van der Waals surface area contributed by atoms with Gasteiger partial charge in [0.1, 0.15) is 0 Å². The van der Waals surface area contributed by atoms with Crippen molar-refractivity contribution in [2.75, 3.05) is 31.9 Å². The van der Waals surface area contributed by atoms with Gasteiger partial charge in [0.2, 0.25) is 10.0 Å². The zero-order valence-corrected chi connectivity index (χ0v) is 19.7. The van der Waals surface area contributed by atoms with Crippen LogP contribution in [0.1, 0.15) is 65.7 Å². The molecule has 2 aliphatic rings. The Labute approximate surface area is 177 Å². The van der Waals surface area contributed by atoms with Crippen LogP contribution in [0.3, 0.4) is 0 Å². The maximum atomic E-state index is 12.0. The van der Waals surface area contributed by atoms with Crippen LogP contribution in [-0.4, -0.2) is 56.7 Å². The van der Waals surface area contributed by atoms with Gasteiger partial charge in [-0.25, -0.2) is 12.7 Å². The molecule has 8 heteroatoms. The summed E-state index contributed by atoms with van der Waals surface area (Å²) >= 11 is 0. The van der Waals surface area contributed by atoms with Gasteiger partial charge < -0.3 is 10.6 Å². The average molecular weight is 500 g/mol. The number of hydrogen-bond acceptors (Lipinski definition) is 3. The molecule has 0 amide bonds. The quantitative estimate of drug-likeness (QED) is 0.320. The Bertz CT molecular complexity index is 539. The number of halogens is 1. The number of aliphatic imine (C=N–C) groups is 1. The van der Waals surface area contributed by atoms with Crippen molar-refractivity contribution in [1.29, 1.82) is 0 Å². The predicted octanol–water partition coefficient (Wildman–Crippen LogP) is 2.94. The van der Waals surface area contributed by atoms with Crippen molar-refractivity contribution < 1.29 is 8.42 Å². The van der Waals surface area contributed by atoms with Crippen LogP contribution in [0.15, 0.2) is 4.99 Å². The summed E-state index contributed by atoms with van der Waals surface area (Å²) in [5, 5.41) is 6.88. The second-order valence-corrected chi connectivity index (χ2v) is 9.73. The number of guanidine groups is 1. The zero-order valence-electron chi connectivity index (χ0n) is 16.6. The Morgan fingerprint density at radius 2 is 1.77 bits per heavy atom. The van der Waals surface area contributed by atoms with E-state index >= 15 is 0 Å². The van der Waals surface area contributed by atoms with Gasteiger partial charge in [-0.05, 0) is 51.4 Å². The lowest BCUT2D eigenvalue weighted by molar-refractivity contribution is 0.294. The van der Waals surface area contributed by atoms with Crippen LogP contribution in [-0.2, 0) is 10.0 Å². The second kappa shape index (κ2) is 11.0. The molecule has 26 heavy (non-hydrogen) atoms. The first kappa shape index (κ1) is 23.9. The fourth-order valence-electron chi connectivity index (χ4n) is 3.97. The van der Waals surface area contributed by atoms with Gasteiger partial charge in [0, 0.05) is 32.2 Å². The molecule has 154 valence electrons. The van der Waals surface area contributed by atoms with Crippen molar-refractivity contribution >= 4 is 40.0 Å². The van der Waals surface area contributed by atoms with Crippen molar-refractivity contribution in [3.05, 3.63) is 0 Å². The molecule has 0 aromatic rings. The van der Waals surface area contributed by atoms with Gasteiger partial charge in [0.25, 0.3) is 0 Å². The largest absolute Gasteiger partial charge is 0.357 e. The molecule has 2 N–H and O–H groups in total. The molecule has 0 aromatic heterocycles. The Hall–Kier alpha value is -0.0900. The van der Waals surface area contributed by atoms with Crippen LogP contribution in [0.5, 0.6) is 0 Å². The van der Waals surface area contributed by atoms with Crippen LogP contribution < -0.4 is 10.6 Å². The minimum absolute atomic E-state index is 0. The van der Waals surface area contributed by atoms with Crippen molar-refractivity contribution in [2.24, 2.45) is 10.4 Å². The topological polar surface area (TPSA) is 73.8 Å². The second-order valence-electron chi connectivity index (χ2n) is 7.47. The van der Waals surface area contributed by atoms with E-state index in [4.69, 9.17) is 4.99 Å². The maximum absolute atomic E-state index is 12.0. The summed E-state index contributed by atoms with van der Waals surface area (Å²) < 4.78 is 25.6. The normalized spacial score (nSPS) is 22.0. The van der Waals surface area contributed by atoms with Gasteiger partial charge in [-0.15, -0.1) is 24.0 Å². The van der Waals surface area contributed by atoms with Crippen LogP contribution >= 0.6 is 24.0 Å². The van der Waals surface area contributed by atoms with Crippen LogP contribution in [0, 0.1) is 5.41 Å². The summed E-state index contributed by atoms with van der Waals surface area (Å²) in [5.74, 6) is 1.08. The summed E-state index contributed by atoms with van der Waals surface area (Å²) in [6, 6.07) is 0.294. The first-order valence-corrected chi connectivity index (χ1v) is 11.6. The van der Waals surface area contributed by atoms with E-state index in [-0.39, 0.29) is 29.7 Å². The summed E-state index contributed by atoms with van der Waals surface area (Å²) in [6.07, 6.45) is 8.11. The summed E-state index contributed by atoms with van der Waals surface area (Å²) in [7, 11) is -3.06. The van der Waals surface area contributed by atoms with E-state index in [9.17, 15) is 8.42 Å². The highest BCUT2D eigenvalue weighted by Crippen LogP contribution is 2.41. The molecule has 0 aromatic carbocycles. The molecule has 1 heterocycles. The standard InChI is InChI=1S/C18H36N4O2S.HI/c1-4-18(11-7-8-12-18)15-20-17(19-5-2)21-16-9-13-22(14-10-16)25(23,24)6-3;/h16H,4-15H2,1-3H3,(H2,19,20,21);1H. The number of piperidine rings is 1. The van der Waals surface area contributed by atoms with Crippen molar-refractivity contribution in [2.45, 2.75) is 71.8 Å². The number of nitrogens with one attached hydrogen (secondary N) is 2. The van der Waals surface area contributed by atoms with Crippen LogP contribution in [0.2, 0.25) is 0 Å². The minimum Gasteiger partial charge on any atom is -0.357 e. The number of nitrogens with zero attached hydrogens (tertiary/aromatic N) is 2. The SMILES string of the molecule is CCNC(=NCC1(CC)CCCC1)NC1CCN(S(=O)(=O)CC)CC1.I. The summed E-state index contributed by atoms with van der Waals surface area (Å²) in [6.45, 7) is 9.01. The van der Waals surface area contributed by atoms with E-state index in [0.717, 1.165) is 31.9 Å². The van der Waals surface area contributed by atoms with E-state index in [1.165, 1.54) is 32.1 Å². The smallest absolute Gasteiger partial charge is 0.213 e. The Morgan fingerprint density at radius 1 is 1.15 bits per heavy atom. The van der Waals surface area contributed by atoms with E-state index in [1.807, 2.05) is 0 Å². The van der Waals surface area contributed by atoms with Crippen molar-refractivity contribution in [1.82, 2.24) is 14.9 Å². The zero-order chi connectivity index (χ0) is 18.3. The predicted molar refractivity (Wildman–Crippen MR) is 120 cm³/mol. The molecule has 1 aliphatic heterocycles. The molecule has 0 bridgehead atoms. The lowest BCUT2D eigenvalue weighted by atomic mass is 9.84. The molecule has 0 unspecified atom stereocenters. The molecule has 0 spiro atoms. The van der Waals surface area contributed by atoms with Gasteiger partial charge in [0.15, 0.2) is 5.96 Å². The van der Waals surface area contributed by atoms with E-state index in [2.05, 4.69) is 24.5 Å². The minimum atomic E-state index is -3.06. The summed E-state index contributed by atoms with van der Waals surface area (Å²) in [5.41, 5.74) is 0.390. The molecule has 0 atom stereocenters. The lowest BCUT2D eigenvalue weighted by Crippen LogP contribution is -2.50. The third-order valence-electron chi connectivity index (χ3n) is 5.88. The highest BCUT2D eigenvalue weighted by Gasteiger charge is 2.32. The first-order chi connectivity index (χ1) is 11.9. The molecular formula is C18H37IN4O2S. The van der Waals surface area contributed by atoms with Gasteiger partial charge in [-0.3, -0.25) is 4.99 Å². The van der Waals surface area contributed by atoms with E-state index < -0.39 is 10.0 Å². The summed E-state index contributed by atoms with van der Waals surface area (Å²) in [4.78, 5) is 4.88. The van der Waals surface area contributed by atoms with Crippen LogP contribution in [0.25, 0.3) is 0 Å². The molecular weight excluding hydrogens is 463 g/mol. The molecule has 6 nitrogen and oxygen atoms in total. The highest BCUT2D eigenvalue weighted by atomic mass is 127. The number of hydrogen-bond donors (Lipinski definition) is 2. The lowest BCUT2D eigenvalue weighted by Gasteiger charge is -2.32. The highest BCUT2D eigenvalue weighted by molar-refractivity contribution is 14.0. The molecule has 1 saturated carbocycles. The van der Waals surface area contributed by atoms with Crippen LogP contribution in [0.4, 0.5) is 0 Å². The van der Waals surface area contributed by atoms with Gasteiger partial charge in [-0.1, -0.05) is 19.8 Å². The first-order valence-electron chi connectivity index (χ1n) is 9.97. The third-order valence-corrected chi connectivity index (χ3v) is 7.77. The number of rotatable bonds is 7.